The molecule has 6 nitrogen and oxygen atoms in total. The van der Waals surface area contributed by atoms with Crippen LogP contribution in [-0.2, 0) is 18.1 Å². The summed E-state index contributed by atoms with van der Waals surface area (Å²) in [6, 6.07) is 18.2. The molecule has 0 heterocycles. The van der Waals surface area contributed by atoms with Gasteiger partial charge in [-0.2, -0.15) is 0 Å². The molecule has 0 aliphatic carbocycles. The number of amides is 1. The molecule has 0 saturated heterocycles. The minimum atomic E-state index is -3.08. The van der Waals surface area contributed by atoms with E-state index in [1.54, 1.807) is 0 Å². The van der Waals surface area contributed by atoms with E-state index in [2.05, 4.69) is 24.0 Å². The fraction of sp³-hybridized carbons (Fsp3) is 0.400. The van der Waals surface area contributed by atoms with Crippen molar-refractivity contribution in [3.63, 3.8) is 0 Å². The Morgan fingerprint density at radius 3 is 1.94 bits per heavy atom. The Bertz CT molecular complexity index is 819. The van der Waals surface area contributed by atoms with Crippen molar-refractivity contribution in [3.8, 4) is 0 Å². The molecule has 2 aromatic rings. The summed E-state index contributed by atoms with van der Waals surface area (Å²) in [6.07, 6.45) is 1.95. The zero-order valence-electron chi connectivity index (χ0n) is 19.8. The molecule has 0 fully saturated rings. The molecule has 2 atom stereocenters. The number of nitrogens with two attached hydrogens (primary N) is 1. The fourth-order valence-electron chi connectivity index (χ4n) is 4.06. The van der Waals surface area contributed by atoms with Gasteiger partial charge in [0.05, 0.1) is 0 Å². The number of hydrogen-bond donors (Lipinski definition) is 2. The van der Waals surface area contributed by atoms with Crippen LogP contribution in [0.25, 0.3) is 0 Å². The van der Waals surface area contributed by atoms with Crippen LogP contribution in [0.5, 0.6) is 0 Å². The Balaban J connectivity index is 0.00000544. The molecule has 0 aromatic heterocycles. The third kappa shape index (κ3) is 8.01. The predicted molar refractivity (Wildman–Crippen MR) is 147 cm³/mol. The van der Waals surface area contributed by atoms with Gasteiger partial charge in [-0.1, -0.05) is 49.0 Å². The second-order valence-corrected chi connectivity index (χ2v) is 10.1. The highest BCUT2D eigenvalue weighted by Crippen LogP contribution is 2.45. The van der Waals surface area contributed by atoms with Gasteiger partial charge in [0.1, 0.15) is 0 Å². The number of halogens is 1. The Kier molecular flexibility index (Phi) is 13.7. The number of nitrogens with one attached hydrogen (secondary N) is 1. The van der Waals surface area contributed by atoms with Gasteiger partial charge in [-0.25, -0.2) is 0 Å². The van der Waals surface area contributed by atoms with Crippen molar-refractivity contribution in [2.45, 2.75) is 38.7 Å². The lowest BCUT2D eigenvalue weighted by atomic mass is 9.86. The van der Waals surface area contributed by atoms with E-state index < -0.39 is 8.80 Å². The van der Waals surface area contributed by atoms with E-state index >= 15 is 0 Å². The summed E-state index contributed by atoms with van der Waals surface area (Å²) >= 11 is 0. The first-order chi connectivity index (χ1) is 15.5. The lowest BCUT2D eigenvalue weighted by Crippen LogP contribution is -2.52. The second-order valence-electron chi connectivity index (χ2n) is 7.29. The molecule has 0 spiro atoms. The zero-order chi connectivity index (χ0) is 23.4. The number of rotatable bonds is 14. The van der Waals surface area contributed by atoms with Crippen molar-refractivity contribution in [3.05, 3.63) is 78.4 Å². The summed E-state index contributed by atoms with van der Waals surface area (Å²) < 4.78 is 18.9. The van der Waals surface area contributed by atoms with Crippen LogP contribution in [0.3, 0.4) is 0 Å². The van der Waals surface area contributed by atoms with Gasteiger partial charge in [-0.05, 0) is 63.1 Å². The van der Waals surface area contributed by atoms with Crippen LogP contribution < -0.4 is 11.1 Å². The van der Waals surface area contributed by atoms with Crippen LogP contribution in [0.2, 0.25) is 5.54 Å². The van der Waals surface area contributed by atoms with Gasteiger partial charge in [0.2, 0.25) is 5.91 Å². The summed E-state index contributed by atoms with van der Waals surface area (Å²) in [5.74, 6) is -0.283. The molecule has 2 aromatic carbocycles. The third-order valence-electron chi connectivity index (χ3n) is 5.25. The molecular weight excluding hydrogens is 547 g/mol. The van der Waals surface area contributed by atoms with Crippen LogP contribution >= 0.6 is 24.0 Å². The van der Waals surface area contributed by atoms with Gasteiger partial charge in [0.15, 0.2) is 0 Å². The highest BCUT2D eigenvalue weighted by Gasteiger charge is 2.52. The highest BCUT2D eigenvalue weighted by molar-refractivity contribution is 14.0. The fourth-order valence-corrected chi connectivity index (χ4v) is 7.47. The molecule has 2 rings (SSSR count). The first-order valence-electron chi connectivity index (χ1n) is 11.2. The number of benzene rings is 2. The molecule has 0 bridgehead atoms. The lowest BCUT2D eigenvalue weighted by Gasteiger charge is -2.39. The van der Waals surface area contributed by atoms with Crippen LogP contribution in [-0.4, -0.2) is 41.1 Å². The number of carbonyl (C=O) groups excluding carboxylic acids is 1. The van der Waals surface area contributed by atoms with Crippen molar-refractivity contribution < 1.29 is 18.1 Å². The minimum Gasteiger partial charge on any atom is -0.374 e. The smallest absolute Gasteiger partial charge is 0.374 e. The molecule has 0 aliphatic heterocycles. The van der Waals surface area contributed by atoms with Gasteiger partial charge in [0.25, 0.3) is 0 Å². The summed E-state index contributed by atoms with van der Waals surface area (Å²) in [6.45, 7) is 11.4. The number of carbonyl (C=O) groups is 1. The van der Waals surface area contributed by atoms with Crippen molar-refractivity contribution in [2.75, 3.05) is 31.7 Å². The first kappa shape index (κ1) is 29.5. The summed E-state index contributed by atoms with van der Waals surface area (Å²) in [5, 5.41) is 2.80. The van der Waals surface area contributed by atoms with Crippen molar-refractivity contribution in [2.24, 2.45) is 5.73 Å². The van der Waals surface area contributed by atoms with E-state index in [1.165, 1.54) is 6.08 Å². The van der Waals surface area contributed by atoms with E-state index in [0.29, 0.717) is 38.5 Å². The Morgan fingerprint density at radius 1 is 0.970 bits per heavy atom. The van der Waals surface area contributed by atoms with Gasteiger partial charge >= 0.3 is 8.80 Å². The van der Waals surface area contributed by atoms with Crippen LogP contribution in [0.15, 0.2) is 67.3 Å². The van der Waals surface area contributed by atoms with Gasteiger partial charge < -0.3 is 24.3 Å². The molecule has 33 heavy (non-hydrogen) atoms. The highest BCUT2D eigenvalue weighted by atomic mass is 127. The molecule has 1 amide bonds. The summed E-state index contributed by atoms with van der Waals surface area (Å²) in [5.41, 5.74) is 8.98. The Hall–Kier alpha value is -1.56. The lowest BCUT2D eigenvalue weighted by molar-refractivity contribution is -0.111. The molecule has 8 heteroatoms. The third-order valence-corrected chi connectivity index (χ3v) is 8.86. The standard InChI is InChI=1S/C25H36N2O4Si.HI/c1-5-24(28)27-22-16-14-21(15-17-22)25(20-12-10-9-11-13-20)23(18-19-26)32(29-6-2,30-7-3)31-8-4;/h5,9-17,23,25H,1,6-8,18-19,26H2,2-4H3,(H,27,28);1H. The zero-order valence-corrected chi connectivity index (χ0v) is 23.1. The van der Waals surface area contributed by atoms with E-state index in [1.807, 2.05) is 63.2 Å². The maximum Gasteiger partial charge on any atom is 0.505 e. The van der Waals surface area contributed by atoms with Crippen LogP contribution in [0.1, 0.15) is 44.2 Å². The van der Waals surface area contributed by atoms with E-state index in [0.717, 1.165) is 11.1 Å². The van der Waals surface area contributed by atoms with E-state index in [4.69, 9.17) is 19.0 Å². The molecule has 0 saturated carbocycles. The average Bonchev–Trinajstić information content (AvgIpc) is 2.81. The summed E-state index contributed by atoms with van der Waals surface area (Å²) in [4.78, 5) is 11.7. The number of anilines is 1. The molecule has 0 aliphatic rings. The number of hydrogen-bond acceptors (Lipinski definition) is 5. The molecule has 3 N–H and O–H groups in total. The van der Waals surface area contributed by atoms with Gasteiger partial charge in [0, 0.05) is 37.0 Å². The average molecular weight is 585 g/mol. The molecular formula is C25H37IN2O4Si. The SMILES string of the molecule is C=CC(=O)Nc1ccc(C(c2ccccc2)C(CCN)[Si](OCC)(OCC)OCC)cc1.I. The van der Waals surface area contributed by atoms with Crippen molar-refractivity contribution >= 4 is 44.4 Å². The van der Waals surface area contributed by atoms with Crippen molar-refractivity contribution in [1.29, 1.82) is 0 Å². The van der Waals surface area contributed by atoms with E-state index in [9.17, 15) is 4.79 Å². The minimum absolute atomic E-state index is 0. The second kappa shape index (κ2) is 15.4. The van der Waals surface area contributed by atoms with Crippen molar-refractivity contribution in [1.82, 2.24) is 0 Å². The first-order valence-corrected chi connectivity index (χ1v) is 13.1. The molecule has 182 valence electrons. The molecule has 0 radical (unpaired) electrons. The summed E-state index contributed by atoms with van der Waals surface area (Å²) in [7, 11) is -3.08. The topological polar surface area (TPSA) is 82.8 Å². The quantitative estimate of drug-likeness (QED) is 0.178. The monoisotopic (exact) mass is 584 g/mol. The van der Waals surface area contributed by atoms with Crippen LogP contribution in [0, 0.1) is 0 Å². The maximum atomic E-state index is 11.7. The Labute approximate surface area is 216 Å². The van der Waals surface area contributed by atoms with E-state index in [-0.39, 0.29) is 41.3 Å². The Morgan fingerprint density at radius 2 is 1.48 bits per heavy atom. The van der Waals surface area contributed by atoms with Gasteiger partial charge in [-0.3, -0.25) is 4.79 Å². The van der Waals surface area contributed by atoms with Gasteiger partial charge in [-0.15, -0.1) is 24.0 Å². The van der Waals surface area contributed by atoms with Crippen LogP contribution in [0.4, 0.5) is 5.69 Å². The molecule has 2 unspecified atom stereocenters. The normalized spacial score (nSPS) is 13.0. The largest absolute Gasteiger partial charge is 0.505 e. The predicted octanol–water partition coefficient (Wildman–Crippen LogP) is 5.33. The maximum absolute atomic E-state index is 11.7.